The molecule has 0 aliphatic heterocycles. The highest BCUT2D eigenvalue weighted by Gasteiger charge is 2.52. The Balaban J connectivity index is 1.14. The smallest absolute Gasteiger partial charge is 0.0726 e. The molecule has 2 heteroatoms. The molecule has 1 unspecified atom stereocenters. The second-order valence-corrected chi connectivity index (χ2v) is 15.9. The summed E-state index contributed by atoms with van der Waals surface area (Å²) >= 11 is 1.88. The van der Waals surface area contributed by atoms with Crippen molar-refractivity contribution in [1.82, 2.24) is 0 Å². The van der Waals surface area contributed by atoms with Gasteiger partial charge in [0.25, 0.3) is 0 Å². The topological polar surface area (TPSA) is 3.24 Å². The Hall–Kier alpha value is -6.74. The molecule has 0 saturated heterocycles. The summed E-state index contributed by atoms with van der Waals surface area (Å²) in [6.45, 7) is 0. The van der Waals surface area contributed by atoms with Crippen LogP contribution in [0.3, 0.4) is 0 Å². The van der Waals surface area contributed by atoms with Crippen LogP contribution in [0.1, 0.15) is 22.3 Å². The van der Waals surface area contributed by atoms with E-state index in [9.17, 15) is 0 Å². The zero-order valence-corrected chi connectivity index (χ0v) is 30.7. The second kappa shape index (κ2) is 11.6. The van der Waals surface area contributed by atoms with Crippen LogP contribution in [0, 0.1) is 0 Å². The van der Waals surface area contributed by atoms with Crippen molar-refractivity contribution in [2.45, 2.75) is 5.41 Å². The highest BCUT2D eigenvalue weighted by atomic mass is 32.1. The molecule has 10 aromatic rings. The maximum Gasteiger partial charge on any atom is 0.0726 e. The molecule has 0 bridgehead atoms. The zero-order chi connectivity index (χ0) is 36.1. The maximum atomic E-state index is 2.51. The summed E-state index contributed by atoms with van der Waals surface area (Å²) in [5.74, 6) is 0. The molecular formula is C53H33NS. The van der Waals surface area contributed by atoms with Gasteiger partial charge in [-0.05, 0) is 115 Å². The first-order chi connectivity index (χ1) is 27.3. The van der Waals surface area contributed by atoms with Crippen molar-refractivity contribution >= 4 is 59.3 Å². The summed E-state index contributed by atoms with van der Waals surface area (Å²) in [5, 5.41) is 5.14. The summed E-state index contributed by atoms with van der Waals surface area (Å²) in [7, 11) is 0. The average Bonchev–Trinajstić information content (AvgIpc) is 3.88. The molecule has 2 aliphatic carbocycles. The number of nitrogens with zero attached hydrogens (tertiary/aromatic N) is 1. The first kappa shape index (κ1) is 30.7. The molecule has 1 nitrogen and oxygen atoms in total. The lowest BCUT2D eigenvalue weighted by atomic mass is 9.70. The summed E-state index contributed by atoms with van der Waals surface area (Å²) in [6, 6.07) is 74.5. The van der Waals surface area contributed by atoms with Gasteiger partial charge in [0, 0.05) is 26.8 Å². The van der Waals surface area contributed by atoms with Crippen LogP contribution in [0.25, 0.3) is 64.3 Å². The SMILES string of the molecule is c1ccc(-c2ccc(N(c3ccc4c(c3)C3(c5ccccc5-4)c4ccccc4-c4cc5ccccc5cc43)c3cccc4c3sc3ccccc34)cc2)cc1. The van der Waals surface area contributed by atoms with Crippen LogP contribution in [0.15, 0.2) is 200 Å². The van der Waals surface area contributed by atoms with E-state index in [-0.39, 0.29) is 0 Å². The van der Waals surface area contributed by atoms with Crippen molar-refractivity contribution < 1.29 is 0 Å². The largest absolute Gasteiger partial charge is 0.309 e. The molecule has 55 heavy (non-hydrogen) atoms. The number of rotatable bonds is 4. The van der Waals surface area contributed by atoms with E-state index in [0.29, 0.717) is 0 Å². The lowest BCUT2D eigenvalue weighted by molar-refractivity contribution is 0.795. The highest BCUT2D eigenvalue weighted by Crippen LogP contribution is 2.64. The molecule has 256 valence electrons. The number of anilines is 3. The fourth-order valence-corrected chi connectivity index (χ4v) is 10.9. The fraction of sp³-hybridized carbons (Fsp3) is 0.0189. The van der Waals surface area contributed by atoms with E-state index in [0.717, 1.165) is 11.4 Å². The van der Waals surface area contributed by atoms with Gasteiger partial charge in [-0.2, -0.15) is 0 Å². The van der Waals surface area contributed by atoms with Gasteiger partial charge in [-0.1, -0.05) is 152 Å². The second-order valence-electron chi connectivity index (χ2n) is 14.8. The Bertz CT molecular complexity index is 3160. The van der Waals surface area contributed by atoms with E-state index in [1.54, 1.807) is 0 Å². The first-order valence-corrected chi connectivity index (χ1v) is 19.8. The highest BCUT2D eigenvalue weighted by molar-refractivity contribution is 7.26. The van der Waals surface area contributed by atoms with E-state index in [1.165, 1.54) is 92.3 Å². The number of thiophene rings is 1. The van der Waals surface area contributed by atoms with Crippen molar-refractivity contribution in [3.05, 3.63) is 222 Å². The normalized spacial score (nSPS) is 15.0. The number of fused-ring (bicyclic) bond motifs is 14. The minimum absolute atomic E-state index is 0.454. The van der Waals surface area contributed by atoms with Crippen molar-refractivity contribution in [1.29, 1.82) is 0 Å². The fourth-order valence-electron chi connectivity index (χ4n) is 9.72. The summed E-state index contributed by atoms with van der Waals surface area (Å²) in [6.07, 6.45) is 0. The van der Waals surface area contributed by atoms with Gasteiger partial charge in [0.2, 0.25) is 0 Å². The lowest BCUT2D eigenvalue weighted by Gasteiger charge is -2.32. The molecular weight excluding hydrogens is 683 g/mol. The number of benzene rings is 9. The molecule has 1 atom stereocenters. The third-order valence-electron chi connectivity index (χ3n) is 12.1. The molecule has 1 aromatic heterocycles. The van der Waals surface area contributed by atoms with Crippen molar-refractivity contribution in [3.63, 3.8) is 0 Å². The van der Waals surface area contributed by atoms with Crippen LogP contribution < -0.4 is 4.90 Å². The minimum Gasteiger partial charge on any atom is -0.309 e. The van der Waals surface area contributed by atoms with E-state index in [1.807, 2.05) is 11.3 Å². The van der Waals surface area contributed by atoms with E-state index < -0.39 is 5.41 Å². The van der Waals surface area contributed by atoms with E-state index >= 15 is 0 Å². The van der Waals surface area contributed by atoms with Crippen LogP contribution in [0.4, 0.5) is 17.1 Å². The molecule has 9 aromatic carbocycles. The van der Waals surface area contributed by atoms with E-state index in [4.69, 9.17) is 0 Å². The summed E-state index contributed by atoms with van der Waals surface area (Å²) in [4.78, 5) is 2.49. The third-order valence-corrected chi connectivity index (χ3v) is 13.3. The molecule has 1 spiro atoms. The minimum atomic E-state index is -0.454. The maximum absolute atomic E-state index is 2.51. The van der Waals surface area contributed by atoms with Crippen molar-refractivity contribution in [3.8, 4) is 33.4 Å². The molecule has 0 fully saturated rings. The molecule has 1 heterocycles. The van der Waals surface area contributed by atoms with E-state index in [2.05, 4.69) is 205 Å². The van der Waals surface area contributed by atoms with Crippen LogP contribution in [0.5, 0.6) is 0 Å². The monoisotopic (exact) mass is 715 g/mol. The number of hydrogen-bond donors (Lipinski definition) is 0. The lowest BCUT2D eigenvalue weighted by Crippen LogP contribution is -2.26. The van der Waals surface area contributed by atoms with Gasteiger partial charge in [-0.15, -0.1) is 11.3 Å². The Morgan fingerprint density at radius 2 is 0.945 bits per heavy atom. The molecule has 0 amide bonds. The molecule has 0 radical (unpaired) electrons. The predicted octanol–water partition coefficient (Wildman–Crippen LogP) is 14.7. The van der Waals surface area contributed by atoms with Gasteiger partial charge in [0.05, 0.1) is 15.8 Å². The van der Waals surface area contributed by atoms with Gasteiger partial charge in [-0.3, -0.25) is 0 Å². The third kappa shape index (κ3) is 4.29. The first-order valence-electron chi connectivity index (χ1n) is 19.0. The molecule has 12 rings (SSSR count). The Morgan fingerprint density at radius 1 is 0.364 bits per heavy atom. The predicted molar refractivity (Wildman–Crippen MR) is 233 cm³/mol. The van der Waals surface area contributed by atoms with Crippen molar-refractivity contribution in [2.24, 2.45) is 0 Å². The van der Waals surface area contributed by atoms with Gasteiger partial charge in [0.1, 0.15) is 0 Å². The van der Waals surface area contributed by atoms with Crippen LogP contribution in [-0.2, 0) is 5.41 Å². The number of hydrogen-bond acceptors (Lipinski definition) is 2. The Kier molecular flexibility index (Phi) is 6.49. The molecule has 2 aliphatic rings. The van der Waals surface area contributed by atoms with Gasteiger partial charge in [-0.25, -0.2) is 0 Å². The molecule has 0 N–H and O–H groups in total. The van der Waals surface area contributed by atoms with Crippen LogP contribution in [0.2, 0.25) is 0 Å². The van der Waals surface area contributed by atoms with Gasteiger partial charge >= 0.3 is 0 Å². The Labute approximate surface area is 324 Å². The quantitative estimate of drug-likeness (QED) is 0.175. The summed E-state index contributed by atoms with van der Waals surface area (Å²) < 4.78 is 2.59. The van der Waals surface area contributed by atoms with Gasteiger partial charge < -0.3 is 4.90 Å². The zero-order valence-electron chi connectivity index (χ0n) is 29.9. The Morgan fingerprint density at radius 3 is 1.75 bits per heavy atom. The summed E-state index contributed by atoms with van der Waals surface area (Å²) in [5.41, 5.74) is 16.1. The standard InChI is InChI=1S/C53H33NS/c1-2-13-34(14-3-1)35-25-27-38(28-26-35)54(50-23-12-20-44-43-19-8-11-24-51(43)55-52(44)50)39-29-30-42-40-17-6-9-21-46(40)53(49(42)33-39)47-22-10-7-18-41(47)45-31-36-15-4-5-16-37(36)32-48(45)53/h1-33H. The molecule has 0 saturated carbocycles. The van der Waals surface area contributed by atoms with Crippen LogP contribution in [-0.4, -0.2) is 0 Å². The van der Waals surface area contributed by atoms with Crippen LogP contribution >= 0.6 is 11.3 Å². The van der Waals surface area contributed by atoms with Gasteiger partial charge in [0.15, 0.2) is 0 Å². The average molecular weight is 716 g/mol. The van der Waals surface area contributed by atoms with Crippen molar-refractivity contribution in [2.75, 3.05) is 4.90 Å².